The van der Waals surface area contributed by atoms with Gasteiger partial charge in [0.2, 0.25) is 0 Å². The molecule has 0 aliphatic carbocycles. The number of ether oxygens (including phenoxy) is 2. The Bertz CT molecular complexity index is 844. The number of nitrogens with one attached hydrogen (secondary N) is 1. The van der Waals surface area contributed by atoms with Crippen LogP contribution in [0.2, 0.25) is 0 Å². The number of carbonyl (C=O) groups excluding carboxylic acids is 1. The summed E-state index contributed by atoms with van der Waals surface area (Å²) in [5, 5.41) is 11.7. The third-order valence-electron chi connectivity index (χ3n) is 3.71. The van der Waals surface area contributed by atoms with Gasteiger partial charge < -0.3 is 19.9 Å². The first-order valence-corrected chi connectivity index (χ1v) is 10.00. The van der Waals surface area contributed by atoms with Crippen LogP contribution < -0.4 is 10.1 Å². The first-order chi connectivity index (χ1) is 13.5. The van der Waals surface area contributed by atoms with E-state index in [1.807, 2.05) is 52.9 Å². The van der Waals surface area contributed by atoms with Crippen LogP contribution in [0.5, 0.6) is 5.75 Å². The third kappa shape index (κ3) is 7.52. The van der Waals surface area contributed by atoms with Gasteiger partial charge in [-0.2, -0.15) is 0 Å². The Morgan fingerprint density at radius 1 is 1.17 bits per heavy atom. The predicted molar refractivity (Wildman–Crippen MR) is 114 cm³/mol. The van der Waals surface area contributed by atoms with E-state index in [0.717, 1.165) is 5.56 Å². The molecule has 0 bridgehead atoms. The smallest absolute Gasteiger partial charge is 0.408 e. The highest BCUT2D eigenvalue weighted by atomic mass is 127. The van der Waals surface area contributed by atoms with E-state index in [-0.39, 0.29) is 18.8 Å². The summed E-state index contributed by atoms with van der Waals surface area (Å²) in [7, 11) is 0. The van der Waals surface area contributed by atoms with E-state index >= 15 is 0 Å². The number of amides is 1. The average Bonchev–Trinajstić information content (AvgIpc) is 2.59. The van der Waals surface area contributed by atoms with E-state index < -0.39 is 29.5 Å². The number of aliphatic carboxylic acids is 1. The molecule has 29 heavy (non-hydrogen) atoms. The zero-order valence-corrected chi connectivity index (χ0v) is 18.5. The molecule has 0 aliphatic rings. The maximum atomic E-state index is 14.6. The number of carbonyl (C=O) groups is 2. The van der Waals surface area contributed by atoms with Crippen LogP contribution in [-0.4, -0.2) is 28.8 Å². The number of carboxylic acid groups (broad SMARTS) is 1. The van der Waals surface area contributed by atoms with Gasteiger partial charge in [0.1, 0.15) is 18.2 Å². The Kier molecular flexibility index (Phi) is 7.83. The number of rotatable bonds is 7. The lowest BCUT2D eigenvalue weighted by Gasteiger charge is -2.22. The molecule has 0 aliphatic heterocycles. The zero-order valence-electron chi connectivity index (χ0n) is 16.4. The van der Waals surface area contributed by atoms with Gasteiger partial charge in [-0.1, -0.05) is 30.3 Å². The summed E-state index contributed by atoms with van der Waals surface area (Å²) in [6.07, 6.45) is -0.941. The minimum absolute atomic E-state index is 0.0968. The number of carboxylic acids is 1. The van der Waals surface area contributed by atoms with E-state index in [0.29, 0.717) is 9.13 Å². The number of alkyl carbamates (subject to hydrolysis) is 1. The SMILES string of the molecule is CC(C)(C)OC(=O)N[C@@H](Cc1cc(F)c(OCc2ccccc2)c(I)c1)C(=O)O. The molecule has 0 unspecified atom stereocenters. The Hall–Kier alpha value is -2.36. The second-order valence-corrected chi connectivity index (χ2v) is 8.57. The van der Waals surface area contributed by atoms with Crippen molar-refractivity contribution in [1.82, 2.24) is 5.32 Å². The molecular weight excluding hydrogens is 492 g/mol. The van der Waals surface area contributed by atoms with Crippen LogP contribution in [0, 0.1) is 9.39 Å². The molecule has 0 heterocycles. The maximum absolute atomic E-state index is 14.6. The van der Waals surface area contributed by atoms with Crippen LogP contribution in [0.15, 0.2) is 42.5 Å². The lowest BCUT2D eigenvalue weighted by atomic mass is 10.1. The van der Waals surface area contributed by atoms with Crippen molar-refractivity contribution in [2.75, 3.05) is 0 Å². The second kappa shape index (κ2) is 9.91. The molecule has 2 rings (SSSR count). The summed E-state index contributed by atoms with van der Waals surface area (Å²) < 4.78 is 25.7. The summed E-state index contributed by atoms with van der Waals surface area (Å²) in [4.78, 5) is 23.4. The lowest BCUT2D eigenvalue weighted by molar-refractivity contribution is -0.139. The highest BCUT2D eigenvalue weighted by molar-refractivity contribution is 14.1. The molecule has 156 valence electrons. The predicted octanol–water partition coefficient (Wildman–Crippen LogP) is 4.53. The van der Waals surface area contributed by atoms with E-state index in [2.05, 4.69) is 5.32 Å². The standard InChI is InChI=1S/C21H23FINO5/c1-21(2,3)29-20(27)24-17(19(25)26)11-14-9-15(22)18(16(23)10-14)28-12-13-7-5-4-6-8-13/h4-10,17H,11-12H2,1-3H3,(H,24,27)(H,25,26)/t17-/m0/s1. The lowest BCUT2D eigenvalue weighted by Crippen LogP contribution is -2.44. The molecule has 0 radical (unpaired) electrons. The van der Waals surface area contributed by atoms with Gasteiger partial charge in [0.05, 0.1) is 3.57 Å². The van der Waals surface area contributed by atoms with Crippen LogP contribution in [0.3, 0.4) is 0 Å². The summed E-state index contributed by atoms with van der Waals surface area (Å²) >= 11 is 1.94. The summed E-state index contributed by atoms with van der Waals surface area (Å²) in [5.41, 5.74) is 0.563. The van der Waals surface area contributed by atoms with Gasteiger partial charge in [0, 0.05) is 6.42 Å². The van der Waals surface area contributed by atoms with Crippen molar-refractivity contribution in [2.24, 2.45) is 0 Å². The molecule has 0 fully saturated rings. The molecular formula is C21H23FINO5. The largest absolute Gasteiger partial charge is 0.485 e. The van der Waals surface area contributed by atoms with Gasteiger partial charge in [-0.05, 0) is 66.6 Å². The van der Waals surface area contributed by atoms with Crippen molar-refractivity contribution < 1.29 is 28.6 Å². The second-order valence-electron chi connectivity index (χ2n) is 7.40. The Morgan fingerprint density at radius 3 is 2.38 bits per heavy atom. The van der Waals surface area contributed by atoms with Crippen molar-refractivity contribution in [1.29, 1.82) is 0 Å². The fourth-order valence-corrected chi connectivity index (χ4v) is 3.30. The normalized spacial score (nSPS) is 12.2. The summed E-state index contributed by atoms with van der Waals surface area (Å²) in [6.45, 7) is 5.24. The minimum atomic E-state index is -1.25. The fraction of sp³-hybridized carbons (Fsp3) is 0.333. The molecule has 0 spiro atoms. The maximum Gasteiger partial charge on any atom is 0.408 e. The highest BCUT2D eigenvalue weighted by Gasteiger charge is 2.25. The van der Waals surface area contributed by atoms with Crippen LogP contribution in [0.4, 0.5) is 9.18 Å². The first kappa shape index (κ1) is 22.9. The van der Waals surface area contributed by atoms with Gasteiger partial charge in [-0.3, -0.25) is 0 Å². The van der Waals surface area contributed by atoms with Crippen molar-refractivity contribution in [2.45, 2.75) is 45.4 Å². The molecule has 6 nitrogen and oxygen atoms in total. The highest BCUT2D eigenvalue weighted by Crippen LogP contribution is 2.28. The molecule has 2 N–H and O–H groups in total. The van der Waals surface area contributed by atoms with E-state index in [9.17, 15) is 19.1 Å². The molecule has 1 atom stereocenters. The van der Waals surface area contributed by atoms with Gasteiger partial charge in [0.15, 0.2) is 11.6 Å². The van der Waals surface area contributed by atoms with E-state index in [4.69, 9.17) is 9.47 Å². The number of hydrogen-bond donors (Lipinski definition) is 2. The van der Waals surface area contributed by atoms with Crippen molar-refractivity contribution in [3.05, 3.63) is 63.0 Å². The van der Waals surface area contributed by atoms with Crippen LogP contribution >= 0.6 is 22.6 Å². The van der Waals surface area contributed by atoms with Gasteiger partial charge in [-0.25, -0.2) is 14.0 Å². The van der Waals surface area contributed by atoms with Gasteiger partial charge in [-0.15, -0.1) is 0 Å². The van der Waals surface area contributed by atoms with Crippen LogP contribution in [0.25, 0.3) is 0 Å². The zero-order chi connectivity index (χ0) is 21.6. The topological polar surface area (TPSA) is 84.9 Å². The first-order valence-electron chi connectivity index (χ1n) is 8.92. The molecule has 0 saturated heterocycles. The molecule has 8 heteroatoms. The van der Waals surface area contributed by atoms with Gasteiger partial charge in [0.25, 0.3) is 0 Å². The fourth-order valence-electron chi connectivity index (χ4n) is 2.48. The van der Waals surface area contributed by atoms with E-state index in [1.54, 1.807) is 26.8 Å². The quantitative estimate of drug-likeness (QED) is 0.530. The molecule has 2 aromatic rings. The monoisotopic (exact) mass is 515 g/mol. The molecule has 0 saturated carbocycles. The van der Waals surface area contributed by atoms with Gasteiger partial charge >= 0.3 is 12.1 Å². The Labute approximate surface area is 182 Å². The van der Waals surface area contributed by atoms with Crippen molar-refractivity contribution in [3.63, 3.8) is 0 Å². The Morgan fingerprint density at radius 2 is 1.83 bits per heavy atom. The van der Waals surface area contributed by atoms with Crippen molar-refractivity contribution in [3.8, 4) is 5.75 Å². The summed E-state index contributed by atoms with van der Waals surface area (Å²) in [5.74, 6) is -1.73. The third-order valence-corrected chi connectivity index (χ3v) is 4.51. The van der Waals surface area contributed by atoms with E-state index in [1.165, 1.54) is 6.07 Å². The average molecular weight is 515 g/mol. The minimum Gasteiger partial charge on any atom is -0.485 e. The molecule has 1 amide bonds. The molecule has 2 aromatic carbocycles. The summed E-state index contributed by atoms with van der Waals surface area (Å²) in [6, 6.07) is 11.0. The molecule has 0 aromatic heterocycles. The van der Waals surface area contributed by atoms with Crippen LogP contribution in [-0.2, 0) is 22.6 Å². The van der Waals surface area contributed by atoms with Crippen LogP contribution in [0.1, 0.15) is 31.9 Å². The number of halogens is 2. The Balaban J connectivity index is 2.09. The number of hydrogen-bond acceptors (Lipinski definition) is 4. The number of benzene rings is 2. The van der Waals surface area contributed by atoms with Crippen molar-refractivity contribution >= 4 is 34.7 Å².